The molecule has 1 aliphatic rings. The Morgan fingerprint density at radius 2 is 1.77 bits per heavy atom. The zero-order valence-electron chi connectivity index (χ0n) is 19.6. The number of aryl methyl sites for hydroxylation is 1. The fourth-order valence-electron chi connectivity index (χ4n) is 3.83. The lowest BCUT2D eigenvalue weighted by molar-refractivity contribution is -0.113. The minimum Gasteiger partial charge on any atom is -0.493 e. The molecule has 0 saturated carbocycles. The number of hydrogen-bond acceptors (Lipinski definition) is 4. The number of allylic oxidation sites excluding steroid dienone is 1. The molecule has 35 heavy (non-hydrogen) atoms. The van der Waals surface area contributed by atoms with Gasteiger partial charge in [0.15, 0.2) is 11.5 Å². The Labute approximate surface area is 209 Å². The number of nitrogens with one attached hydrogen (secondary N) is 3. The van der Waals surface area contributed by atoms with E-state index < -0.39 is 12.1 Å². The van der Waals surface area contributed by atoms with E-state index in [9.17, 15) is 9.59 Å². The molecular weight excluding hydrogens is 466 g/mol. The Morgan fingerprint density at radius 3 is 2.49 bits per heavy atom. The number of amides is 3. The van der Waals surface area contributed by atoms with Gasteiger partial charge < -0.3 is 25.4 Å². The van der Waals surface area contributed by atoms with Crippen LogP contribution in [-0.4, -0.2) is 19.0 Å². The smallest absolute Gasteiger partial charge is 0.319 e. The van der Waals surface area contributed by atoms with Crippen LogP contribution in [0.4, 0.5) is 10.5 Å². The molecule has 0 bridgehead atoms. The zero-order valence-corrected chi connectivity index (χ0v) is 20.4. The summed E-state index contributed by atoms with van der Waals surface area (Å²) >= 11 is 6.23. The van der Waals surface area contributed by atoms with E-state index in [1.807, 2.05) is 49.4 Å². The van der Waals surface area contributed by atoms with Crippen molar-refractivity contribution in [3.8, 4) is 11.5 Å². The number of halogens is 1. The van der Waals surface area contributed by atoms with E-state index in [-0.39, 0.29) is 12.5 Å². The normalized spacial score (nSPS) is 15.2. The monoisotopic (exact) mass is 491 g/mol. The highest BCUT2D eigenvalue weighted by atomic mass is 35.5. The van der Waals surface area contributed by atoms with Crippen molar-refractivity contribution in [2.45, 2.75) is 26.5 Å². The maximum absolute atomic E-state index is 13.2. The van der Waals surface area contributed by atoms with Crippen LogP contribution < -0.4 is 25.4 Å². The molecular formula is C27H26ClN3O4. The predicted molar refractivity (Wildman–Crippen MR) is 136 cm³/mol. The third kappa shape index (κ3) is 5.58. The summed E-state index contributed by atoms with van der Waals surface area (Å²) < 4.78 is 11.5. The topological polar surface area (TPSA) is 88.7 Å². The van der Waals surface area contributed by atoms with Crippen LogP contribution in [0.15, 0.2) is 78.0 Å². The molecule has 0 aliphatic carbocycles. The molecule has 3 N–H and O–H groups in total. The number of hydrogen-bond donors (Lipinski definition) is 3. The van der Waals surface area contributed by atoms with Gasteiger partial charge in [-0.1, -0.05) is 53.6 Å². The highest BCUT2D eigenvalue weighted by molar-refractivity contribution is 6.31. The molecule has 8 heteroatoms. The van der Waals surface area contributed by atoms with E-state index >= 15 is 0 Å². The number of methoxy groups -OCH3 is 1. The minimum atomic E-state index is -0.680. The summed E-state index contributed by atoms with van der Waals surface area (Å²) in [5.41, 5.74) is 4.15. The first-order valence-corrected chi connectivity index (χ1v) is 11.4. The Morgan fingerprint density at radius 1 is 1.03 bits per heavy atom. The molecule has 0 aromatic heterocycles. The van der Waals surface area contributed by atoms with E-state index in [2.05, 4.69) is 16.0 Å². The third-order valence-corrected chi connectivity index (χ3v) is 6.05. The van der Waals surface area contributed by atoms with Crippen LogP contribution in [-0.2, 0) is 11.4 Å². The lowest BCUT2D eigenvalue weighted by Crippen LogP contribution is -2.46. The summed E-state index contributed by atoms with van der Waals surface area (Å²) in [6, 6.07) is 19.2. The van der Waals surface area contributed by atoms with Crippen LogP contribution >= 0.6 is 11.6 Å². The molecule has 0 radical (unpaired) electrons. The van der Waals surface area contributed by atoms with Gasteiger partial charge in [-0.15, -0.1) is 0 Å². The average Bonchev–Trinajstić information content (AvgIpc) is 2.84. The lowest BCUT2D eigenvalue weighted by Gasteiger charge is -2.29. The lowest BCUT2D eigenvalue weighted by atomic mass is 9.94. The molecule has 180 valence electrons. The second kappa shape index (κ2) is 10.5. The number of urea groups is 1. The highest BCUT2D eigenvalue weighted by Gasteiger charge is 2.32. The van der Waals surface area contributed by atoms with E-state index in [0.717, 1.165) is 11.1 Å². The number of rotatable bonds is 7. The molecule has 0 unspecified atom stereocenters. The minimum absolute atomic E-state index is 0.267. The second-order valence-corrected chi connectivity index (χ2v) is 8.59. The van der Waals surface area contributed by atoms with Crippen LogP contribution in [0.1, 0.15) is 29.7 Å². The van der Waals surface area contributed by atoms with E-state index in [1.165, 1.54) is 7.11 Å². The van der Waals surface area contributed by atoms with Gasteiger partial charge in [0.2, 0.25) is 0 Å². The van der Waals surface area contributed by atoms with Gasteiger partial charge in [0.25, 0.3) is 5.91 Å². The van der Waals surface area contributed by atoms with Gasteiger partial charge in [0, 0.05) is 22.0 Å². The van der Waals surface area contributed by atoms with Crippen molar-refractivity contribution < 1.29 is 19.1 Å². The number of ether oxygens (including phenoxy) is 2. The van der Waals surface area contributed by atoms with Gasteiger partial charge in [-0.05, 0) is 49.7 Å². The summed E-state index contributed by atoms with van der Waals surface area (Å²) in [7, 11) is 1.54. The summed E-state index contributed by atoms with van der Waals surface area (Å²) in [4.78, 5) is 25.5. The first-order chi connectivity index (χ1) is 16.9. The standard InChI is InChI=1S/C27H26ClN3O4/c1-16-8-11-20(12-9-16)30-26(32)24-17(2)29-27(33)31-25(24)18-10-13-22(23(14-18)34-3)35-15-19-6-4-5-7-21(19)28/h4-14,25H,15H2,1-3H3,(H,30,32)(H2,29,31,33)/t25-/m1/s1. The molecule has 0 fully saturated rings. The molecule has 3 aromatic rings. The van der Waals surface area contributed by atoms with E-state index in [0.29, 0.717) is 39.0 Å². The third-order valence-electron chi connectivity index (χ3n) is 5.69. The molecule has 1 aliphatic heterocycles. The van der Waals surface area contributed by atoms with Crippen molar-refractivity contribution in [2.75, 3.05) is 12.4 Å². The maximum atomic E-state index is 13.2. The fourth-order valence-corrected chi connectivity index (χ4v) is 4.02. The number of carbonyl (C=O) groups is 2. The molecule has 4 rings (SSSR count). The Balaban J connectivity index is 1.60. The molecule has 7 nitrogen and oxygen atoms in total. The molecule has 0 spiro atoms. The Hall–Kier alpha value is -3.97. The molecule has 0 saturated heterocycles. The fraction of sp³-hybridized carbons (Fsp3) is 0.185. The Bertz CT molecular complexity index is 1290. The summed E-state index contributed by atoms with van der Waals surface area (Å²) in [6.07, 6.45) is 0. The maximum Gasteiger partial charge on any atom is 0.319 e. The van der Waals surface area contributed by atoms with Crippen molar-refractivity contribution in [1.29, 1.82) is 0 Å². The van der Waals surface area contributed by atoms with Gasteiger partial charge in [0.1, 0.15) is 6.61 Å². The summed E-state index contributed by atoms with van der Waals surface area (Å²) in [6.45, 7) is 3.95. The average molecular weight is 492 g/mol. The van der Waals surface area contributed by atoms with Crippen molar-refractivity contribution in [3.63, 3.8) is 0 Å². The first kappa shape index (κ1) is 24.2. The Kier molecular flexibility index (Phi) is 7.27. The second-order valence-electron chi connectivity index (χ2n) is 8.18. The number of carbonyl (C=O) groups excluding carboxylic acids is 2. The van der Waals surface area contributed by atoms with Crippen LogP contribution in [0, 0.1) is 6.92 Å². The van der Waals surface area contributed by atoms with Gasteiger partial charge in [0.05, 0.1) is 18.7 Å². The van der Waals surface area contributed by atoms with Crippen molar-refractivity contribution in [3.05, 3.63) is 99.7 Å². The summed E-state index contributed by atoms with van der Waals surface area (Å²) in [5, 5.41) is 9.06. The SMILES string of the molecule is COc1cc([C@H]2NC(=O)NC(C)=C2C(=O)Nc2ccc(C)cc2)ccc1OCc1ccccc1Cl. The van der Waals surface area contributed by atoms with Gasteiger partial charge in [-0.25, -0.2) is 4.79 Å². The highest BCUT2D eigenvalue weighted by Crippen LogP contribution is 2.35. The predicted octanol–water partition coefficient (Wildman–Crippen LogP) is 5.50. The largest absolute Gasteiger partial charge is 0.493 e. The van der Waals surface area contributed by atoms with Gasteiger partial charge in [-0.2, -0.15) is 0 Å². The first-order valence-electron chi connectivity index (χ1n) is 11.1. The van der Waals surface area contributed by atoms with Crippen molar-refractivity contribution in [2.24, 2.45) is 0 Å². The van der Waals surface area contributed by atoms with Gasteiger partial charge in [-0.3, -0.25) is 4.79 Å². The van der Waals surface area contributed by atoms with Crippen LogP contribution in [0.5, 0.6) is 11.5 Å². The van der Waals surface area contributed by atoms with Crippen molar-refractivity contribution in [1.82, 2.24) is 10.6 Å². The number of anilines is 1. The van der Waals surface area contributed by atoms with Gasteiger partial charge >= 0.3 is 6.03 Å². The van der Waals surface area contributed by atoms with E-state index in [4.69, 9.17) is 21.1 Å². The zero-order chi connectivity index (χ0) is 24.9. The molecule has 3 amide bonds. The van der Waals surface area contributed by atoms with E-state index in [1.54, 1.807) is 31.2 Å². The van der Waals surface area contributed by atoms with Crippen LogP contribution in [0.25, 0.3) is 0 Å². The van der Waals surface area contributed by atoms with Crippen molar-refractivity contribution >= 4 is 29.2 Å². The molecule has 3 aromatic carbocycles. The number of benzene rings is 3. The summed E-state index contributed by atoms with van der Waals surface area (Å²) in [5.74, 6) is 0.669. The molecule has 1 atom stereocenters. The van der Waals surface area contributed by atoms with Crippen LogP contribution in [0.3, 0.4) is 0 Å². The van der Waals surface area contributed by atoms with Crippen LogP contribution in [0.2, 0.25) is 5.02 Å². The quantitative estimate of drug-likeness (QED) is 0.407. The molecule has 1 heterocycles.